The average molecular weight is 220 g/mol. The van der Waals surface area contributed by atoms with Crippen LogP contribution in [-0.4, -0.2) is 37.6 Å². The molecule has 1 unspecified atom stereocenters. The van der Waals surface area contributed by atoms with Gasteiger partial charge in [-0.2, -0.15) is 0 Å². The molecular formula is C12H16N2O2. The van der Waals surface area contributed by atoms with Crippen molar-refractivity contribution >= 4 is 11.4 Å². The number of morpholine rings is 1. The lowest BCUT2D eigenvalue weighted by atomic mass is 10.1. The summed E-state index contributed by atoms with van der Waals surface area (Å²) < 4.78 is 5.34. The molecule has 1 aromatic carbocycles. The van der Waals surface area contributed by atoms with E-state index in [0.29, 0.717) is 6.42 Å². The maximum Gasteiger partial charge on any atom is 0.128 e. The lowest BCUT2D eigenvalue weighted by Crippen LogP contribution is -2.36. The minimum absolute atomic E-state index is 0.421. The van der Waals surface area contributed by atoms with Gasteiger partial charge in [-0.25, -0.2) is 0 Å². The Morgan fingerprint density at radius 2 is 2.12 bits per heavy atom. The number of ether oxygens (including phenoxy) is 1. The third-order valence-electron chi connectivity index (χ3n) is 3.20. The molecule has 0 bridgehead atoms. The second-order valence-electron chi connectivity index (χ2n) is 4.31. The lowest BCUT2D eigenvalue weighted by molar-refractivity contribution is 0.122. The van der Waals surface area contributed by atoms with Crippen molar-refractivity contribution in [1.29, 1.82) is 0 Å². The van der Waals surface area contributed by atoms with E-state index in [1.54, 1.807) is 0 Å². The highest BCUT2D eigenvalue weighted by molar-refractivity contribution is 5.63. The molecule has 0 aromatic heterocycles. The summed E-state index contributed by atoms with van der Waals surface area (Å²) in [5.74, 6) is 0. The molecule has 2 heterocycles. The Hall–Kier alpha value is -1.26. The third-order valence-corrected chi connectivity index (χ3v) is 3.20. The van der Waals surface area contributed by atoms with Crippen LogP contribution in [0.4, 0.5) is 11.4 Å². The number of benzene rings is 1. The standard InChI is InChI=1S/C12H16N2O2/c15-12-8-9-7-10(1-2-11(9)13-12)14-3-5-16-6-4-14/h1-2,7,12-13,15H,3-6,8H2. The van der Waals surface area contributed by atoms with E-state index in [1.807, 2.05) is 0 Å². The van der Waals surface area contributed by atoms with Gasteiger partial charge in [-0.05, 0) is 23.8 Å². The summed E-state index contributed by atoms with van der Waals surface area (Å²) in [6.45, 7) is 3.51. The van der Waals surface area contributed by atoms with Gasteiger partial charge in [-0.3, -0.25) is 0 Å². The zero-order chi connectivity index (χ0) is 11.0. The predicted molar refractivity (Wildman–Crippen MR) is 62.8 cm³/mol. The summed E-state index contributed by atoms with van der Waals surface area (Å²) in [5, 5.41) is 12.5. The number of fused-ring (bicyclic) bond motifs is 1. The first kappa shape index (κ1) is 9.93. The molecule has 4 heteroatoms. The van der Waals surface area contributed by atoms with E-state index >= 15 is 0 Å². The van der Waals surface area contributed by atoms with Gasteiger partial charge in [0.2, 0.25) is 0 Å². The van der Waals surface area contributed by atoms with Crippen LogP contribution in [0.5, 0.6) is 0 Å². The topological polar surface area (TPSA) is 44.7 Å². The third kappa shape index (κ3) is 1.74. The largest absolute Gasteiger partial charge is 0.378 e. The zero-order valence-electron chi connectivity index (χ0n) is 9.15. The molecule has 2 aliphatic heterocycles. The number of nitrogens with zero attached hydrogens (tertiary/aromatic N) is 1. The molecule has 0 spiro atoms. The van der Waals surface area contributed by atoms with Crippen LogP contribution in [0.25, 0.3) is 0 Å². The second-order valence-corrected chi connectivity index (χ2v) is 4.31. The fourth-order valence-electron chi connectivity index (χ4n) is 2.35. The van der Waals surface area contributed by atoms with Gasteiger partial charge in [-0.1, -0.05) is 0 Å². The molecule has 0 aliphatic carbocycles. The number of nitrogens with one attached hydrogen (secondary N) is 1. The van der Waals surface area contributed by atoms with Crippen molar-refractivity contribution < 1.29 is 9.84 Å². The van der Waals surface area contributed by atoms with Crippen LogP contribution >= 0.6 is 0 Å². The Morgan fingerprint density at radius 1 is 1.31 bits per heavy atom. The molecule has 86 valence electrons. The molecule has 4 nitrogen and oxygen atoms in total. The van der Waals surface area contributed by atoms with E-state index in [0.717, 1.165) is 32.0 Å². The molecule has 1 atom stereocenters. The molecule has 2 N–H and O–H groups in total. The van der Waals surface area contributed by atoms with E-state index in [2.05, 4.69) is 28.4 Å². The van der Waals surface area contributed by atoms with Crippen LogP contribution in [0.3, 0.4) is 0 Å². The molecular weight excluding hydrogens is 204 g/mol. The van der Waals surface area contributed by atoms with E-state index in [4.69, 9.17) is 4.74 Å². The zero-order valence-corrected chi connectivity index (χ0v) is 9.15. The highest BCUT2D eigenvalue weighted by Gasteiger charge is 2.19. The maximum atomic E-state index is 9.51. The van der Waals surface area contributed by atoms with Crippen LogP contribution in [0, 0.1) is 0 Å². The van der Waals surface area contributed by atoms with Crippen LogP contribution in [-0.2, 0) is 11.2 Å². The molecule has 0 saturated carbocycles. The van der Waals surface area contributed by atoms with Crippen LogP contribution in [0.15, 0.2) is 18.2 Å². The van der Waals surface area contributed by atoms with Gasteiger partial charge < -0.3 is 20.1 Å². The molecule has 2 aliphatic rings. The quantitative estimate of drug-likeness (QED) is 0.735. The Morgan fingerprint density at radius 3 is 2.94 bits per heavy atom. The number of rotatable bonds is 1. The first-order valence-corrected chi connectivity index (χ1v) is 5.73. The summed E-state index contributed by atoms with van der Waals surface area (Å²) in [6, 6.07) is 6.33. The van der Waals surface area contributed by atoms with Crippen LogP contribution in [0.2, 0.25) is 0 Å². The molecule has 1 aromatic rings. The fraction of sp³-hybridized carbons (Fsp3) is 0.500. The molecule has 1 saturated heterocycles. The normalized spacial score (nSPS) is 24.1. The summed E-state index contributed by atoms with van der Waals surface area (Å²) in [6.07, 6.45) is 0.281. The van der Waals surface area contributed by atoms with Gasteiger partial charge in [0.05, 0.1) is 13.2 Å². The van der Waals surface area contributed by atoms with Gasteiger partial charge in [0.15, 0.2) is 0 Å². The van der Waals surface area contributed by atoms with Crippen molar-refractivity contribution in [1.82, 2.24) is 0 Å². The van der Waals surface area contributed by atoms with Crippen molar-refractivity contribution in [2.45, 2.75) is 12.6 Å². The first-order chi connectivity index (χ1) is 7.83. The van der Waals surface area contributed by atoms with E-state index in [1.165, 1.54) is 11.3 Å². The van der Waals surface area contributed by atoms with Gasteiger partial charge in [0.1, 0.15) is 6.23 Å². The van der Waals surface area contributed by atoms with Gasteiger partial charge >= 0.3 is 0 Å². The van der Waals surface area contributed by atoms with Crippen LogP contribution < -0.4 is 10.2 Å². The highest BCUT2D eigenvalue weighted by atomic mass is 16.5. The highest BCUT2D eigenvalue weighted by Crippen LogP contribution is 2.29. The van der Waals surface area contributed by atoms with Gasteiger partial charge in [0.25, 0.3) is 0 Å². The van der Waals surface area contributed by atoms with Gasteiger partial charge in [0, 0.05) is 30.9 Å². The number of anilines is 2. The fourth-order valence-corrected chi connectivity index (χ4v) is 2.35. The number of aliphatic hydroxyl groups excluding tert-OH is 1. The Balaban J connectivity index is 1.84. The molecule has 16 heavy (non-hydrogen) atoms. The Labute approximate surface area is 94.8 Å². The second kappa shape index (κ2) is 3.96. The van der Waals surface area contributed by atoms with Crippen molar-refractivity contribution in [2.24, 2.45) is 0 Å². The summed E-state index contributed by atoms with van der Waals surface area (Å²) in [4.78, 5) is 2.33. The van der Waals surface area contributed by atoms with Crippen molar-refractivity contribution in [3.8, 4) is 0 Å². The maximum absolute atomic E-state index is 9.51. The van der Waals surface area contributed by atoms with E-state index < -0.39 is 6.23 Å². The van der Waals surface area contributed by atoms with Crippen LogP contribution in [0.1, 0.15) is 5.56 Å². The van der Waals surface area contributed by atoms with Gasteiger partial charge in [-0.15, -0.1) is 0 Å². The molecule has 0 radical (unpaired) electrons. The Kier molecular flexibility index (Phi) is 2.46. The smallest absolute Gasteiger partial charge is 0.128 e. The van der Waals surface area contributed by atoms with Crippen molar-refractivity contribution in [2.75, 3.05) is 36.5 Å². The molecule has 0 amide bonds. The minimum atomic E-state index is -0.421. The number of aliphatic hydroxyl groups is 1. The monoisotopic (exact) mass is 220 g/mol. The predicted octanol–water partition coefficient (Wildman–Crippen LogP) is 0.810. The number of hydrogen-bond acceptors (Lipinski definition) is 4. The first-order valence-electron chi connectivity index (χ1n) is 5.73. The van der Waals surface area contributed by atoms with E-state index in [-0.39, 0.29) is 0 Å². The summed E-state index contributed by atoms with van der Waals surface area (Å²) in [5.41, 5.74) is 3.50. The number of hydrogen-bond donors (Lipinski definition) is 2. The minimum Gasteiger partial charge on any atom is -0.378 e. The average Bonchev–Trinajstić information content (AvgIpc) is 2.69. The molecule has 1 fully saturated rings. The van der Waals surface area contributed by atoms with Crippen molar-refractivity contribution in [3.63, 3.8) is 0 Å². The molecule has 3 rings (SSSR count). The summed E-state index contributed by atoms with van der Waals surface area (Å²) in [7, 11) is 0. The lowest BCUT2D eigenvalue weighted by Gasteiger charge is -2.29. The van der Waals surface area contributed by atoms with E-state index in [9.17, 15) is 5.11 Å². The summed E-state index contributed by atoms with van der Waals surface area (Å²) >= 11 is 0. The Bertz CT molecular complexity index is 389. The SMILES string of the molecule is OC1Cc2cc(N3CCOCC3)ccc2N1. The van der Waals surface area contributed by atoms with Crippen molar-refractivity contribution in [3.05, 3.63) is 23.8 Å².